The highest BCUT2D eigenvalue weighted by molar-refractivity contribution is 5.98. The quantitative estimate of drug-likeness (QED) is 0.0481. The van der Waals surface area contributed by atoms with Crippen LogP contribution >= 0.6 is 0 Å². The summed E-state index contributed by atoms with van der Waals surface area (Å²) >= 11 is 0. The Morgan fingerprint density at radius 1 is 0.667 bits per heavy atom. The number of carboxylic acids is 1. The number of amides is 7. The van der Waals surface area contributed by atoms with E-state index >= 15 is 0 Å². The number of guanidine groups is 1. The van der Waals surface area contributed by atoms with Crippen molar-refractivity contribution >= 4 is 53.3 Å². The van der Waals surface area contributed by atoms with Gasteiger partial charge in [-0.05, 0) is 83.0 Å². The molecule has 3 fully saturated rings. The topological polar surface area (TPSA) is 279 Å². The molecule has 0 radical (unpaired) electrons. The van der Waals surface area contributed by atoms with Crippen molar-refractivity contribution in [3.8, 4) is 0 Å². The van der Waals surface area contributed by atoms with E-state index in [4.69, 9.17) is 11.5 Å². The third kappa shape index (κ3) is 13.3. The third-order valence-corrected chi connectivity index (χ3v) is 10.5. The van der Waals surface area contributed by atoms with Crippen molar-refractivity contribution in [1.29, 1.82) is 0 Å². The van der Waals surface area contributed by atoms with E-state index in [-0.39, 0.29) is 56.8 Å². The van der Waals surface area contributed by atoms with Gasteiger partial charge in [0.25, 0.3) is 0 Å². The first kappa shape index (κ1) is 46.4. The molecule has 7 amide bonds. The normalized spacial score (nSPS) is 21.4. The van der Waals surface area contributed by atoms with E-state index in [1.807, 2.05) is 27.7 Å². The van der Waals surface area contributed by atoms with Crippen LogP contribution in [0.2, 0.25) is 0 Å². The van der Waals surface area contributed by atoms with Gasteiger partial charge in [0.05, 0.1) is 0 Å². The number of carbonyl (C=O) groups excluding carboxylic acids is 7. The summed E-state index contributed by atoms with van der Waals surface area (Å²) in [5.41, 5.74) is 10.7. The molecule has 9 N–H and O–H groups in total. The van der Waals surface area contributed by atoms with Crippen molar-refractivity contribution in [3.63, 3.8) is 0 Å². The second-order valence-electron chi connectivity index (χ2n) is 16.2. The van der Waals surface area contributed by atoms with Gasteiger partial charge in [0, 0.05) is 33.1 Å². The molecule has 57 heavy (non-hydrogen) atoms. The van der Waals surface area contributed by atoms with Gasteiger partial charge < -0.3 is 52.5 Å². The Balaban J connectivity index is 1.70. The van der Waals surface area contributed by atoms with Gasteiger partial charge in [0.2, 0.25) is 41.4 Å². The third-order valence-electron chi connectivity index (χ3n) is 10.5. The molecule has 19 nitrogen and oxygen atoms in total. The van der Waals surface area contributed by atoms with Crippen LogP contribution in [0.15, 0.2) is 4.99 Å². The van der Waals surface area contributed by atoms with Gasteiger partial charge in [-0.2, -0.15) is 0 Å². The minimum atomic E-state index is -1.09. The number of aliphatic imine (C=N–C) groups is 1. The highest BCUT2D eigenvalue weighted by atomic mass is 16.4. The van der Waals surface area contributed by atoms with Gasteiger partial charge >= 0.3 is 5.97 Å². The lowest BCUT2D eigenvalue weighted by Gasteiger charge is -2.34. The molecule has 0 aromatic rings. The number of aliphatic carboxylic acids is 1. The molecular formula is C38H64N10O9. The number of nitrogens with one attached hydrogen (secondary N) is 4. The Morgan fingerprint density at radius 3 is 1.70 bits per heavy atom. The van der Waals surface area contributed by atoms with Crippen LogP contribution in [-0.4, -0.2) is 142 Å². The van der Waals surface area contributed by atoms with Crippen LogP contribution in [0.3, 0.4) is 0 Å². The first-order valence-corrected chi connectivity index (χ1v) is 20.2. The minimum Gasteiger partial charge on any atom is -0.480 e. The molecule has 0 bridgehead atoms. The second-order valence-corrected chi connectivity index (χ2v) is 16.2. The van der Waals surface area contributed by atoms with Crippen LogP contribution in [-0.2, 0) is 38.4 Å². The van der Waals surface area contributed by atoms with E-state index < -0.39 is 89.6 Å². The SMILES string of the molecule is CC(=O)N[C@@H](CCCN=C(N)N)C(=O)N[C@@H](C)C(=O)N[C@@H](CC(C)C)C(=O)N1CCC[C@H]1C(=O)N1CCC[C@H]1C(=O)N[C@@H](CC(C)C)C(=O)N1CCC[C@H]1C(=O)O. The smallest absolute Gasteiger partial charge is 0.326 e. The Bertz CT molecular complexity index is 1520. The zero-order chi connectivity index (χ0) is 42.6. The molecule has 0 aromatic heterocycles. The second kappa shape index (κ2) is 21.5. The summed E-state index contributed by atoms with van der Waals surface area (Å²) in [4.78, 5) is 114. The van der Waals surface area contributed by atoms with E-state index in [9.17, 15) is 43.5 Å². The largest absolute Gasteiger partial charge is 0.480 e. The Morgan fingerprint density at radius 2 is 1.18 bits per heavy atom. The van der Waals surface area contributed by atoms with Crippen LogP contribution in [0, 0.1) is 11.8 Å². The number of hydrogen-bond donors (Lipinski definition) is 7. The molecule has 0 saturated carbocycles. The molecule has 3 saturated heterocycles. The van der Waals surface area contributed by atoms with Crippen molar-refractivity contribution in [2.75, 3.05) is 26.2 Å². The highest BCUT2D eigenvalue weighted by Gasteiger charge is 2.45. The molecule has 0 spiro atoms. The van der Waals surface area contributed by atoms with Gasteiger partial charge in [0.1, 0.15) is 42.3 Å². The van der Waals surface area contributed by atoms with Crippen LogP contribution in [0.25, 0.3) is 0 Å². The molecule has 320 valence electrons. The molecule has 0 unspecified atom stereocenters. The minimum absolute atomic E-state index is 0.0107. The Labute approximate surface area is 334 Å². The number of nitrogens with zero attached hydrogens (tertiary/aromatic N) is 4. The highest BCUT2D eigenvalue weighted by Crippen LogP contribution is 2.27. The summed E-state index contributed by atoms with van der Waals surface area (Å²) in [5, 5.41) is 20.5. The maximum atomic E-state index is 14.2. The van der Waals surface area contributed by atoms with E-state index in [1.54, 1.807) is 0 Å². The summed E-state index contributed by atoms with van der Waals surface area (Å²) in [7, 11) is 0. The first-order valence-electron chi connectivity index (χ1n) is 20.2. The molecule has 0 aliphatic carbocycles. The van der Waals surface area contributed by atoms with Crippen LogP contribution in [0.5, 0.6) is 0 Å². The molecular weight excluding hydrogens is 740 g/mol. The number of rotatable bonds is 19. The van der Waals surface area contributed by atoms with Crippen molar-refractivity contribution in [2.24, 2.45) is 28.3 Å². The lowest BCUT2D eigenvalue weighted by molar-refractivity contribution is -0.150. The molecule has 7 atom stereocenters. The maximum Gasteiger partial charge on any atom is 0.326 e. The first-order chi connectivity index (χ1) is 26.8. The molecule has 0 aromatic carbocycles. The van der Waals surface area contributed by atoms with E-state index in [0.717, 1.165) is 0 Å². The number of nitrogens with two attached hydrogens (primary N) is 2. The van der Waals surface area contributed by atoms with Crippen LogP contribution in [0.1, 0.15) is 106 Å². The Kier molecular flexibility index (Phi) is 17.5. The van der Waals surface area contributed by atoms with Crippen LogP contribution < -0.4 is 32.7 Å². The van der Waals surface area contributed by atoms with Gasteiger partial charge in [-0.3, -0.25) is 38.6 Å². The van der Waals surface area contributed by atoms with Gasteiger partial charge in [-0.15, -0.1) is 0 Å². The number of carbonyl (C=O) groups is 8. The average Bonchev–Trinajstić information content (AvgIpc) is 3.92. The maximum absolute atomic E-state index is 14.2. The van der Waals surface area contributed by atoms with Crippen LogP contribution in [0.4, 0.5) is 0 Å². The van der Waals surface area contributed by atoms with Crippen molar-refractivity contribution in [1.82, 2.24) is 36.0 Å². The summed E-state index contributed by atoms with van der Waals surface area (Å²) in [5.74, 6) is -4.68. The number of likely N-dealkylation sites (tertiary alicyclic amines) is 3. The van der Waals surface area contributed by atoms with Crippen molar-refractivity contribution in [3.05, 3.63) is 0 Å². The summed E-state index contributed by atoms with van der Waals surface area (Å²) in [6.07, 6.45) is 3.80. The molecule has 3 heterocycles. The Hall–Kier alpha value is -4.97. The van der Waals surface area contributed by atoms with Crippen molar-refractivity contribution < 1.29 is 43.5 Å². The summed E-state index contributed by atoms with van der Waals surface area (Å²) in [6, 6.07) is -6.72. The van der Waals surface area contributed by atoms with Gasteiger partial charge in [-0.1, -0.05) is 27.7 Å². The average molecular weight is 805 g/mol. The van der Waals surface area contributed by atoms with Gasteiger partial charge in [0.15, 0.2) is 5.96 Å². The van der Waals surface area contributed by atoms with E-state index in [1.165, 1.54) is 28.5 Å². The fraction of sp³-hybridized carbons (Fsp3) is 0.763. The lowest BCUT2D eigenvalue weighted by Crippen LogP contribution is -2.59. The molecule has 3 rings (SSSR count). The standard InChI is InChI=1S/C38H64N10O9/c1-21(2)19-26(44-31(50)23(5)42-32(51)25(43-24(6)49)11-7-15-41-38(39)40)34(53)47-17-9-13-29(47)36(55)46-16-8-12-28(46)33(52)45-27(20-22(3)4)35(54)48-18-10-14-30(48)37(56)57/h21-23,25-30H,7-20H2,1-6H3,(H,42,51)(H,43,49)(H,44,50)(H,45,52)(H,56,57)(H4,39,40,41)/t23-,25-,26-,27-,28-,29-,30-/m0/s1. The zero-order valence-corrected chi connectivity index (χ0v) is 34.3. The number of hydrogen-bond acceptors (Lipinski definition) is 9. The van der Waals surface area contributed by atoms with E-state index in [2.05, 4.69) is 26.3 Å². The van der Waals surface area contributed by atoms with Gasteiger partial charge in [-0.25, -0.2) is 4.79 Å². The van der Waals surface area contributed by atoms with Crippen molar-refractivity contribution in [2.45, 2.75) is 148 Å². The molecule has 3 aliphatic rings. The van der Waals surface area contributed by atoms with E-state index in [0.29, 0.717) is 51.4 Å². The summed E-state index contributed by atoms with van der Waals surface area (Å²) < 4.78 is 0. The zero-order valence-electron chi connectivity index (χ0n) is 34.3. The number of carboxylic acid groups (broad SMARTS) is 1. The fourth-order valence-corrected chi connectivity index (χ4v) is 7.82. The lowest BCUT2D eigenvalue weighted by atomic mass is 10.0. The fourth-order valence-electron chi connectivity index (χ4n) is 7.82. The molecule has 3 aliphatic heterocycles. The monoisotopic (exact) mass is 804 g/mol. The molecule has 19 heteroatoms. The predicted octanol–water partition coefficient (Wildman–Crippen LogP) is -0.831. The predicted molar refractivity (Wildman–Crippen MR) is 210 cm³/mol. The summed E-state index contributed by atoms with van der Waals surface area (Å²) in [6.45, 7) is 11.4.